The summed E-state index contributed by atoms with van der Waals surface area (Å²) in [5, 5.41) is 12.6. The van der Waals surface area contributed by atoms with Crippen LogP contribution >= 0.6 is 11.6 Å². The third-order valence-electron chi connectivity index (χ3n) is 3.47. The van der Waals surface area contributed by atoms with E-state index in [0.29, 0.717) is 24.4 Å². The fourth-order valence-electron chi connectivity index (χ4n) is 2.30. The number of carboxylic acid groups (broad SMARTS) is 1. The lowest BCUT2D eigenvalue weighted by Gasteiger charge is -2.24. The minimum absolute atomic E-state index is 0.211. The predicted molar refractivity (Wildman–Crippen MR) is 76.3 cm³/mol. The number of halogens is 1. The molecule has 1 aromatic carbocycles. The van der Waals surface area contributed by atoms with Crippen molar-refractivity contribution in [1.82, 2.24) is 5.32 Å². The minimum Gasteiger partial charge on any atom is -0.481 e. The van der Waals surface area contributed by atoms with Crippen LogP contribution in [0.1, 0.15) is 18.4 Å². The summed E-state index contributed by atoms with van der Waals surface area (Å²) in [6, 6.07) is 7.18. The Balaban J connectivity index is 1.95. The smallest absolute Gasteiger partial charge is 0.307 e. The minimum atomic E-state index is -0.916. The molecule has 0 bridgehead atoms. The normalized spacial score (nSPS) is 21.4. The highest BCUT2D eigenvalue weighted by Crippen LogP contribution is 2.26. The van der Waals surface area contributed by atoms with Crippen molar-refractivity contribution in [1.29, 1.82) is 0 Å². The summed E-state index contributed by atoms with van der Waals surface area (Å²) in [5.41, 5.74) is 0.931. The number of benzene rings is 1. The zero-order chi connectivity index (χ0) is 14.5. The molecule has 0 aliphatic heterocycles. The summed E-state index contributed by atoms with van der Waals surface area (Å²) in [5.74, 6) is -2.26. The molecule has 106 valence electrons. The molecule has 2 unspecified atom stereocenters. The van der Waals surface area contributed by atoms with Crippen molar-refractivity contribution in [2.24, 2.45) is 11.8 Å². The lowest BCUT2D eigenvalue weighted by molar-refractivity contribution is -0.147. The lowest BCUT2D eigenvalue weighted by atomic mass is 9.82. The molecule has 1 aliphatic rings. The molecule has 0 radical (unpaired) electrons. The van der Waals surface area contributed by atoms with Gasteiger partial charge in [-0.05, 0) is 30.5 Å². The predicted octanol–water partition coefficient (Wildman–Crippen LogP) is 2.62. The number of aliphatic carboxylic acids is 1. The van der Waals surface area contributed by atoms with E-state index in [1.165, 1.54) is 0 Å². The molecular formula is C15H16ClNO3. The standard InChI is InChI=1S/C15H16ClNO3/c16-11-7-5-10(6-8-11)9-17-14(18)12-3-1-2-4-13(12)15(19)20/h1-2,5-8,12-13H,3-4,9H2,(H,17,18)(H,19,20). The summed E-state index contributed by atoms with van der Waals surface area (Å²) in [7, 11) is 0. The molecule has 1 amide bonds. The Hall–Kier alpha value is -1.81. The van der Waals surface area contributed by atoms with Gasteiger partial charge in [0.05, 0.1) is 11.8 Å². The number of carbonyl (C=O) groups excluding carboxylic acids is 1. The van der Waals surface area contributed by atoms with Crippen LogP contribution in [0.3, 0.4) is 0 Å². The van der Waals surface area contributed by atoms with E-state index in [1.807, 2.05) is 24.3 Å². The maximum Gasteiger partial charge on any atom is 0.307 e. The van der Waals surface area contributed by atoms with Gasteiger partial charge in [0.25, 0.3) is 0 Å². The van der Waals surface area contributed by atoms with Gasteiger partial charge < -0.3 is 10.4 Å². The van der Waals surface area contributed by atoms with Gasteiger partial charge in [-0.1, -0.05) is 35.9 Å². The SMILES string of the molecule is O=C(O)C1CC=CCC1C(=O)NCc1ccc(Cl)cc1. The molecule has 0 saturated heterocycles. The van der Waals surface area contributed by atoms with E-state index in [-0.39, 0.29) is 5.91 Å². The van der Waals surface area contributed by atoms with E-state index in [1.54, 1.807) is 12.1 Å². The van der Waals surface area contributed by atoms with Gasteiger partial charge in [0.1, 0.15) is 0 Å². The molecule has 1 aliphatic carbocycles. The Labute approximate surface area is 122 Å². The first-order valence-electron chi connectivity index (χ1n) is 6.48. The molecule has 0 aromatic heterocycles. The van der Waals surface area contributed by atoms with Crippen LogP contribution in [0.2, 0.25) is 5.02 Å². The largest absolute Gasteiger partial charge is 0.481 e. The molecule has 0 spiro atoms. The van der Waals surface area contributed by atoms with Crippen molar-refractivity contribution in [2.75, 3.05) is 0 Å². The maximum atomic E-state index is 12.1. The van der Waals surface area contributed by atoms with Crippen LogP contribution in [0.5, 0.6) is 0 Å². The summed E-state index contributed by atoms with van der Waals surface area (Å²) in [4.78, 5) is 23.3. The number of carboxylic acids is 1. The second-order valence-electron chi connectivity index (χ2n) is 4.84. The number of hydrogen-bond donors (Lipinski definition) is 2. The van der Waals surface area contributed by atoms with Gasteiger partial charge in [0.15, 0.2) is 0 Å². The van der Waals surface area contributed by atoms with E-state index in [4.69, 9.17) is 16.7 Å². The number of nitrogens with one attached hydrogen (secondary N) is 1. The summed E-state index contributed by atoms with van der Waals surface area (Å²) in [6.07, 6.45) is 4.57. The number of amides is 1. The molecule has 2 rings (SSSR count). The zero-order valence-corrected chi connectivity index (χ0v) is 11.6. The molecule has 2 N–H and O–H groups in total. The highest BCUT2D eigenvalue weighted by atomic mass is 35.5. The lowest BCUT2D eigenvalue weighted by Crippen LogP contribution is -2.38. The second-order valence-corrected chi connectivity index (χ2v) is 5.27. The maximum absolute atomic E-state index is 12.1. The average Bonchev–Trinajstić information content (AvgIpc) is 2.46. The first-order chi connectivity index (χ1) is 9.58. The molecule has 2 atom stereocenters. The van der Waals surface area contributed by atoms with E-state index in [2.05, 4.69) is 5.32 Å². The van der Waals surface area contributed by atoms with Crippen LogP contribution in [-0.4, -0.2) is 17.0 Å². The van der Waals surface area contributed by atoms with Gasteiger partial charge in [-0.15, -0.1) is 0 Å². The van der Waals surface area contributed by atoms with Crippen molar-refractivity contribution < 1.29 is 14.7 Å². The Kier molecular flexibility index (Phi) is 4.79. The number of rotatable bonds is 4. The zero-order valence-electron chi connectivity index (χ0n) is 10.9. The van der Waals surface area contributed by atoms with Gasteiger partial charge in [-0.3, -0.25) is 9.59 Å². The molecule has 0 fully saturated rings. The van der Waals surface area contributed by atoms with Crippen molar-refractivity contribution in [2.45, 2.75) is 19.4 Å². The van der Waals surface area contributed by atoms with Crippen LogP contribution in [0, 0.1) is 11.8 Å². The Morgan fingerprint density at radius 1 is 1.15 bits per heavy atom. The Bertz CT molecular complexity index is 524. The highest BCUT2D eigenvalue weighted by Gasteiger charge is 2.33. The van der Waals surface area contributed by atoms with E-state index >= 15 is 0 Å². The molecule has 0 heterocycles. The van der Waals surface area contributed by atoms with Gasteiger partial charge in [-0.2, -0.15) is 0 Å². The molecule has 0 saturated carbocycles. The number of carbonyl (C=O) groups is 2. The third kappa shape index (κ3) is 3.61. The third-order valence-corrected chi connectivity index (χ3v) is 3.72. The van der Waals surface area contributed by atoms with E-state index in [0.717, 1.165) is 5.56 Å². The molecular weight excluding hydrogens is 278 g/mol. The van der Waals surface area contributed by atoms with Crippen LogP contribution in [0.25, 0.3) is 0 Å². The molecule has 5 heteroatoms. The monoisotopic (exact) mass is 293 g/mol. The number of hydrogen-bond acceptors (Lipinski definition) is 2. The summed E-state index contributed by atoms with van der Waals surface area (Å²) in [6.45, 7) is 0.378. The topological polar surface area (TPSA) is 66.4 Å². The Morgan fingerprint density at radius 3 is 2.35 bits per heavy atom. The van der Waals surface area contributed by atoms with Crippen molar-refractivity contribution in [3.8, 4) is 0 Å². The van der Waals surface area contributed by atoms with Crippen LogP contribution in [0.15, 0.2) is 36.4 Å². The first kappa shape index (κ1) is 14.6. The fraction of sp³-hybridized carbons (Fsp3) is 0.333. The van der Waals surface area contributed by atoms with Crippen LogP contribution in [-0.2, 0) is 16.1 Å². The summed E-state index contributed by atoms with van der Waals surface area (Å²) >= 11 is 5.79. The van der Waals surface area contributed by atoms with Gasteiger partial charge >= 0.3 is 5.97 Å². The van der Waals surface area contributed by atoms with Crippen LogP contribution < -0.4 is 5.32 Å². The quantitative estimate of drug-likeness (QED) is 0.839. The first-order valence-corrected chi connectivity index (χ1v) is 6.85. The van der Waals surface area contributed by atoms with Crippen molar-refractivity contribution >= 4 is 23.5 Å². The second kappa shape index (κ2) is 6.57. The molecule has 20 heavy (non-hydrogen) atoms. The molecule has 1 aromatic rings. The molecule has 4 nitrogen and oxygen atoms in total. The van der Waals surface area contributed by atoms with E-state index in [9.17, 15) is 9.59 Å². The highest BCUT2D eigenvalue weighted by molar-refractivity contribution is 6.30. The van der Waals surface area contributed by atoms with Gasteiger partial charge in [0.2, 0.25) is 5.91 Å². The van der Waals surface area contributed by atoms with Gasteiger partial charge in [0, 0.05) is 11.6 Å². The fourth-order valence-corrected chi connectivity index (χ4v) is 2.43. The van der Waals surface area contributed by atoms with Crippen molar-refractivity contribution in [3.05, 3.63) is 47.0 Å². The Morgan fingerprint density at radius 2 is 1.75 bits per heavy atom. The average molecular weight is 294 g/mol. The van der Waals surface area contributed by atoms with Crippen LogP contribution in [0.4, 0.5) is 0 Å². The van der Waals surface area contributed by atoms with E-state index < -0.39 is 17.8 Å². The summed E-state index contributed by atoms with van der Waals surface area (Å²) < 4.78 is 0. The van der Waals surface area contributed by atoms with Crippen molar-refractivity contribution in [3.63, 3.8) is 0 Å². The van der Waals surface area contributed by atoms with Gasteiger partial charge in [-0.25, -0.2) is 0 Å². The number of allylic oxidation sites excluding steroid dienone is 2.